The molecule has 0 saturated carbocycles. The van der Waals surface area contributed by atoms with Gasteiger partial charge in [-0.2, -0.15) is 0 Å². The lowest BCUT2D eigenvalue weighted by atomic mass is 10.1. The quantitative estimate of drug-likeness (QED) is 0.652. The Balaban J connectivity index is 1.75. The van der Waals surface area contributed by atoms with Crippen molar-refractivity contribution in [3.05, 3.63) is 53.1 Å². The summed E-state index contributed by atoms with van der Waals surface area (Å²) in [7, 11) is 5.09. The molecule has 7 nitrogen and oxygen atoms in total. The third kappa shape index (κ3) is 4.11. The molecule has 3 rings (SSSR count). The molecular formula is C23H29N3O4. The van der Waals surface area contributed by atoms with Gasteiger partial charge in [-0.05, 0) is 63.2 Å². The van der Waals surface area contributed by atoms with Gasteiger partial charge in [0.25, 0.3) is 5.91 Å². The van der Waals surface area contributed by atoms with E-state index in [2.05, 4.69) is 0 Å². The molecule has 0 bridgehead atoms. The molecule has 1 saturated heterocycles. The van der Waals surface area contributed by atoms with Crippen LogP contribution in [0.25, 0.3) is 0 Å². The van der Waals surface area contributed by atoms with Crippen molar-refractivity contribution < 1.29 is 19.1 Å². The molecule has 1 fully saturated rings. The number of aryl methyl sites for hydroxylation is 2. The molecular weight excluding hydrogens is 382 g/mol. The summed E-state index contributed by atoms with van der Waals surface area (Å²) >= 11 is 0. The molecule has 0 N–H and O–H groups in total. The van der Waals surface area contributed by atoms with Crippen LogP contribution in [0.3, 0.4) is 0 Å². The van der Waals surface area contributed by atoms with Crippen LogP contribution in [-0.4, -0.2) is 55.7 Å². The van der Waals surface area contributed by atoms with E-state index in [1.165, 1.54) is 4.90 Å². The number of imide groups is 1. The maximum atomic E-state index is 13.0. The first-order valence-corrected chi connectivity index (χ1v) is 9.88. The van der Waals surface area contributed by atoms with Gasteiger partial charge in [0.05, 0.1) is 20.9 Å². The topological polar surface area (TPSA) is 62.3 Å². The summed E-state index contributed by atoms with van der Waals surface area (Å²) in [6, 6.07) is 10.6. The van der Waals surface area contributed by atoms with E-state index >= 15 is 0 Å². The number of anilines is 1. The summed E-state index contributed by atoms with van der Waals surface area (Å²) in [6.45, 7) is 6.51. The third-order valence-corrected chi connectivity index (χ3v) is 5.43. The smallest absolute Gasteiger partial charge is 0.333 e. The molecule has 1 heterocycles. The average molecular weight is 412 g/mol. The molecule has 0 radical (unpaired) electrons. The first kappa shape index (κ1) is 21.6. The highest BCUT2D eigenvalue weighted by Crippen LogP contribution is 2.31. The molecule has 7 heteroatoms. The second-order valence-electron chi connectivity index (χ2n) is 7.72. The van der Waals surface area contributed by atoms with Gasteiger partial charge in [0.2, 0.25) is 0 Å². The molecule has 1 aliphatic rings. The Hall–Kier alpha value is -3.06. The van der Waals surface area contributed by atoms with Gasteiger partial charge < -0.3 is 9.47 Å². The van der Waals surface area contributed by atoms with Crippen molar-refractivity contribution in [2.45, 2.75) is 33.4 Å². The van der Waals surface area contributed by atoms with Crippen LogP contribution in [0.5, 0.6) is 11.5 Å². The Morgan fingerprint density at radius 1 is 1.00 bits per heavy atom. The van der Waals surface area contributed by atoms with Crippen LogP contribution in [0, 0.1) is 13.8 Å². The number of nitrogens with zero attached hydrogens (tertiary/aromatic N) is 3. The maximum Gasteiger partial charge on any atom is 0.333 e. The lowest BCUT2D eigenvalue weighted by Crippen LogP contribution is -2.40. The van der Waals surface area contributed by atoms with Crippen LogP contribution in [0.2, 0.25) is 0 Å². The van der Waals surface area contributed by atoms with Crippen molar-refractivity contribution >= 4 is 17.6 Å². The summed E-state index contributed by atoms with van der Waals surface area (Å²) in [5.41, 5.74) is 3.92. The molecule has 0 aliphatic carbocycles. The van der Waals surface area contributed by atoms with Gasteiger partial charge in [-0.1, -0.05) is 17.7 Å². The van der Waals surface area contributed by atoms with Crippen molar-refractivity contribution in [3.8, 4) is 11.5 Å². The first-order chi connectivity index (χ1) is 14.3. The van der Waals surface area contributed by atoms with Crippen molar-refractivity contribution in [1.82, 2.24) is 9.80 Å². The van der Waals surface area contributed by atoms with Crippen molar-refractivity contribution in [1.29, 1.82) is 0 Å². The van der Waals surface area contributed by atoms with Gasteiger partial charge in [0, 0.05) is 12.2 Å². The van der Waals surface area contributed by atoms with E-state index < -0.39 is 6.04 Å². The molecule has 160 valence electrons. The van der Waals surface area contributed by atoms with E-state index in [-0.39, 0.29) is 18.6 Å². The van der Waals surface area contributed by atoms with Crippen molar-refractivity contribution in [2.24, 2.45) is 0 Å². The van der Waals surface area contributed by atoms with E-state index in [9.17, 15) is 9.59 Å². The molecule has 0 aromatic heterocycles. The molecule has 1 atom stereocenters. The van der Waals surface area contributed by atoms with Crippen LogP contribution in [0.1, 0.15) is 23.6 Å². The van der Waals surface area contributed by atoms with Gasteiger partial charge in [-0.25, -0.2) is 9.69 Å². The highest BCUT2D eigenvalue weighted by atomic mass is 16.5. The minimum Gasteiger partial charge on any atom is -0.493 e. The summed E-state index contributed by atoms with van der Waals surface area (Å²) < 4.78 is 10.7. The number of methoxy groups -OCH3 is 2. The summed E-state index contributed by atoms with van der Waals surface area (Å²) in [5, 5.41) is 0. The fraction of sp³-hybridized carbons (Fsp3) is 0.391. The Bertz CT molecular complexity index is 942. The van der Waals surface area contributed by atoms with Crippen LogP contribution in [0.15, 0.2) is 36.4 Å². The Kier molecular flexibility index (Phi) is 6.31. The largest absolute Gasteiger partial charge is 0.493 e. The van der Waals surface area contributed by atoms with E-state index in [1.54, 1.807) is 26.0 Å². The first-order valence-electron chi connectivity index (χ1n) is 9.88. The van der Waals surface area contributed by atoms with Gasteiger partial charge in [-0.3, -0.25) is 14.6 Å². The number of rotatable bonds is 7. The van der Waals surface area contributed by atoms with E-state index in [0.717, 1.165) is 22.4 Å². The van der Waals surface area contributed by atoms with Gasteiger partial charge in [0.15, 0.2) is 11.5 Å². The zero-order valence-electron chi connectivity index (χ0n) is 18.4. The molecule has 3 amide bonds. The number of hydrogen-bond acceptors (Lipinski definition) is 5. The standard InChI is InChI=1S/C23H29N3O4/c1-15-7-9-19(10-8-15)26-17(3)22(27)25(23(26)28)14-24(4)13-18-12-21(30-6)20(29-5)11-16(18)2/h7-12,17H,13-14H2,1-6H3/t17-/m0/s1. The molecule has 0 unspecified atom stereocenters. The second-order valence-corrected chi connectivity index (χ2v) is 7.72. The SMILES string of the molecule is COc1cc(C)c(CN(C)CN2C(=O)[C@H](C)N(c3ccc(C)cc3)C2=O)cc1OC. The number of benzene rings is 2. The third-order valence-electron chi connectivity index (χ3n) is 5.43. The van der Waals surface area contributed by atoms with E-state index in [4.69, 9.17) is 9.47 Å². The number of urea groups is 1. The fourth-order valence-electron chi connectivity index (χ4n) is 3.67. The molecule has 0 spiro atoms. The Morgan fingerprint density at radius 2 is 1.60 bits per heavy atom. The van der Waals surface area contributed by atoms with Crippen LogP contribution >= 0.6 is 0 Å². The Morgan fingerprint density at radius 3 is 2.20 bits per heavy atom. The highest BCUT2D eigenvalue weighted by Gasteiger charge is 2.43. The van der Waals surface area contributed by atoms with E-state index in [1.807, 2.05) is 62.2 Å². The monoisotopic (exact) mass is 411 g/mol. The lowest BCUT2D eigenvalue weighted by molar-refractivity contribution is -0.128. The molecule has 2 aromatic carbocycles. The molecule has 2 aromatic rings. The number of carbonyl (C=O) groups excluding carboxylic acids is 2. The summed E-state index contributed by atoms with van der Waals surface area (Å²) in [4.78, 5) is 30.6. The summed E-state index contributed by atoms with van der Waals surface area (Å²) in [5.74, 6) is 1.13. The highest BCUT2D eigenvalue weighted by molar-refractivity contribution is 6.14. The zero-order valence-corrected chi connectivity index (χ0v) is 18.4. The normalized spacial score (nSPS) is 16.6. The van der Waals surface area contributed by atoms with Gasteiger partial charge in [-0.15, -0.1) is 0 Å². The van der Waals surface area contributed by atoms with Crippen LogP contribution < -0.4 is 14.4 Å². The van der Waals surface area contributed by atoms with Gasteiger partial charge in [0.1, 0.15) is 6.04 Å². The second kappa shape index (κ2) is 8.75. The predicted octanol–water partition coefficient (Wildman–Crippen LogP) is 3.57. The van der Waals surface area contributed by atoms with Crippen molar-refractivity contribution in [2.75, 3.05) is 32.8 Å². The maximum absolute atomic E-state index is 13.0. The lowest BCUT2D eigenvalue weighted by Gasteiger charge is -2.24. The van der Waals surface area contributed by atoms with Crippen molar-refractivity contribution in [3.63, 3.8) is 0 Å². The molecule has 1 aliphatic heterocycles. The molecule has 30 heavy (non-hydrogen) atoms. The number of amides is 3. The number of carbonyl (C=O) groups is 2. The fourth-order valence-corrected chi connectivity index (χ4v) is 3.67. The van der Waals surface area contributed by atoms with Crippen LogP contribution in [-0.2, 0) is 11.3 Å². The van der Waals surface area contributed by atoms with Crippen LogP contribution in [0.4, 0.5) is 10.5 Å². The van der Waals surface area contributed by atoms with Gasteiger partial charge >= 0.3 is 6.03 Å². The predicted molar refractivity (Wildman–Crippen MR) is 116 cm³/mol. The van der Waals surface area contributed by atoms with E-state index in [0.29, 0.717) is 18.0 Å². The average Bonchev–Trinajstić information content (AvgIpc) is 2.93. The summed E-state index contributed by atoms with van der Waals surface area (Å²) in [6.07, 6.45) is 0. The minimum absolute atomic E-state index is 0.198. The zero-order chi connectivity index (χ0) is 22.0. The number of ether oxygens (including phenoxy) is 2. The minimum atomic E-state index is -0.531. The Labute approximate surface area is 177 Å². The number of hydrogen-bond donors (Lipinski definition) is 0.